The van der Waals surface area contributed by atoms with Crippen molar-refractivity contribution in [1.82, 2.24) is 5.32 Å². The molecule has 0 atom stereocenters. The molecule has 0 fully saturated rings. The molecule has 96 valence electrons. The summed E-state index contributed by atoms with van der Waals surface area (Å²) in [6, 6.07) is 7.67. The third-order valence-corrected chi connectivity index (χ3v) is 3.19. The van der Waals surface area contributed by atoms with Gasteiger partial charge in [-0.05, 0) is 30.7 Å². The van der Waals surface area contributed by atoms with Crippen molar-refractivity contribution in [3.63, 3.8) is 0 Å². The van der Waals surface area contributed by atoms with Gasteiger partial charge < -0.3 is 19.8 Å². The molecule has 0 amide bonds. The van der Waals surface area contributed by atoms with Gasteiger partial charge in [0.15, 0.2) is 0 Å². The second kappa shape index (κ2) is 6.77. The maximum Gasteiger partial charge on any atom is 0.325 e. The summed E-state index contributed by atoms with van der Waals surface area (Å²) < 4.78 is 15.6. The van der Waals surface area contributed by atoms with Gasteiger partial charge >= 0.3 is 7.60 Å². The first-order chi connectivity index (χ1) is 8.01. The number of nitrogens with one attached hydrogen (secondary N) is 1. The molecule has 1 aromatic rings. The average molecular weight is 259 g/mol. The first-order valence-corrected chi connectivity index (χ1v) is 7.19. The second-order valence-corrected chi connectivity index (χ2v) is 5.54. The Morgan fingerprint density at radius 3 is 2.47 bits per heavy atom. The van der Waals surface area contributed by atoms with E-state index in [0.29, 0.717) is 19.5 Å². The predicted molar refractivity (Wildman–Crippen MR) is 66.2 cm³/mol. The highest BCUT2D eigenvalue weighted by atomic mass is 31.2. The highest BCUT2D eigenvalue weighted by Gasteiger charge is 2.10. The zero-order valence-electron chi connectivity index (χ0n) is 9.80. The van der Waals surface area contributed by atoms with E-state index in [2.05, 4.69) is 5.32 Å². The van der Waals surface area contributed by atoms with E-state index in [0.717, 1.165) is 11.3 Å². The molecule has 0 radical (unpaired) electrons. The zero-order valence-corrected chi connectivity index (χ0v) is 10.7. The van der Waals surface area contributed by atoms with E-state index in [1.54, 1.807) is 7.11 Å². The summed E-state index contributed by atoms with van der Waals surface area (Å²) >= 11 is 0. The van der Waals surface area contributed by atoms with E-state index in [-0.39, 0.29) is 6.16 Å². The Labute approximate surface area is 101 Å². The molecule has 0 saturated carbocycles. The van der Waals surface area contributed by atoms with Crippen molar-refractivity contribution >= 4 is 7.60 Å². The maximum absolute atomic E-state index is 10.6. The minimum absolute atomic E-state index is 0.0669. The van der Waals surface area contributed by atoms with Gasteiger partial charge in [-0.3, -0.25) is 4.57 Å². The van der Waals surface area contributed by atoms with Crippen LogP contribution in [0.4, 0.5) is 0 Å². The van der Waals surface area contributed by atoms with Crippen molar-refractivity contribution in [2.45, 2.75) is 13.0 Å². The molecule has 0 bridgehead atoms. The van der Waals surface area contributed by atoms with Crippen molar-refractivity contribution in [2.75, 3.05) is 19.8 Å². The molecule has 3 N–H and O–H groups in total. The fourth-order valence-electron chi connectivity index (χ4n) is 1.39. The van der Waals surface area contributed by atoms with Gasteiger partial charge in [-0.2, -0.15) is 0 Å². The number of methoxy groups -OCH3 is 1. The van der Waals surface area contributed by atoms with E-state index in [4.69, 9.17) is 14.5 Å². The number of benzene rings is 1. The Balaban J connectivity index is 2.20. The Hall–Kier alpha value is -0.870. The third kappa shape index (κ3) is 6.44. The fraction of sp³-hybridized carbons (Fsp3) is 0.455. The molecule has 0 unspecified atom stereocenters. The lowest BCUT2D eigenvalue weighted by Gasteiger charge is -2.06. The second-order valence-electron chi connectivity index (χ2n) is 3.77. The van der Waals surface area contributed by atoms with Gasteiger partial charge in [-0.15, -0.1) is 0 Å². The zero-order chi connectivity index (χ0) is 12.7. The van der Waals surface area contributed by atoms with Gasteiger partial charge in [-0.25, -0.2) is 0 Å². The van der Waals surface area contributed by atoms with Crippen LogP contribution in [0.3, 0.4) is 0 Å². The van der Waals surface area contributed by atoms with Gasteiger partial charge in [0.05, 0.1) is 13.3 Å². The lowest BCUT2D eigenvalue weighted by molar-refractivity contribution is 0.371. The van der Waals surface area contributed by atoms with Crippen molar-refractivity contribution < 1.29 is 19.1 Å². The SMILES string of the molecule is COc1ccc(CNCCCP(=O)(O)O)cc1. The van der Waals surface area contributed by atoms with Crippen molar-refractivity contribution in [2.24, 2.45) is 0 Å². The predicted octanol–water partition coefficient (Wildman–Crippen LogP) is 1.35. The van der Waals surface area contributed by atoms with E-state index < -0.39 is 7.60 Å². The summed E-state index contributed by atoms with van der Waals surface area (Å²) in [5.74, 6) is 0.815. The van der Waals surface area contributed by atoms with Gasteiger partial charge in [0, 0.05) is 6.54 Å². The Bertz CT molecular complexity index is 374. The van der Waals surface area contributed by atoms with Crippen LogP contribution >= 0.6 is 7.60 Å². The average Bonchev–Trinajstić information content (AvgIpc) is 2.28. The third-order valence-electron chi connectivity index (χ3n) is 2.29. The molecule has 1 rings (SSSR count). The smallest absolute Gasteiger partial charge is 0.325 e. The number of hydrogen-bond donors (Lipinski definition) is 3. The quantitative estimate of drug-likeness (QED) is 0.509. The molecule has 0 aliphatic rings. The molecular weight excluding hydrogens is 241 g/mol. The molecule has 0 heterocycles. The monoisotopic (exact) mass is 259 g/mol. The highest BCUT2D eigenvalue weighted by Crippen LogP contribution is 2.34. The molecule has 0 aromatic heterocycles. The number of hydrogen-bond acceptors (Lipinski definition) is 3. The van der Waals surface area contributed by atoms with Crippen molar-refractivity contribution in [3.05, 3.63) is 29.8 Å². The normalized spacial score (nSPS) is 11.5. The van der Waals surface area contributed by atoms with Crippen LogP contribution in [0.15, 0.2) is 24.3 Å². The summed E-state index contributed by atoms with van der Waals surface area (Å²) in [4.78, 5) is 17.3. The van der Waals surface area contributed by atoms with Crippen LogP contribution in [0.1, 0.15) is 12.0 Å². The summed E-state index contributed by atoms with van der Waals surface area (Å²) in [5.41, 5.74) is 1.11. The van der Waals surface area contributed by atoms with E-state index >= 15 is 0 Å². The van der Waals surface area contributed by atoms with Crippen LogP contribution < -0.4 is 10.1 Å². The molecule has 17 heavy (non-hydrogen) atoms. The van der Waals surface area contributed by atoms with Gasteiger partial charge in [0.1, 0.15) is 5.75 Å². The highest BCUT2D eigenvalue weighted by molar-refractivity contribution is 7.51. The summed E-state index contributed by atoms with van der Waals surface area (Å²) in [6.45, 7) is 1.28. The Morgan fingerprint density at radius 2 is 1.94 bits per heavy atom. The Kier molecular flexibility index (Phi) is 5.65. The summed E-state index contributed by atoms with van der Waals surface area (Å²) in [5, 5.41) is 3.13. The standard InChI is InChI=1S/C11H18NO4P/c1-16-11-5-3-10(4-6-11)9-12-7-2-8-17(13,14)15/h3-6,12H,2,7-9H2,1H3,(H2,13,14,15). The lowest BCUT2D eigenvalue weighted by Crippen LogP contribution is -2.15. The fourth-order valence-corrected chi connectivity index (χ4v) is 1.96. The van der Waals surface area contributed by atoms with Crippen LogP contribution in [0.5, 0.6) is 5.75 Å². The Morgan fingerprint density at radius 1 is 1.29 bits per heavy atom. The molecule has 0 saturated heterocycles. The number of ether oxygens (including phenoxy) is 1. The molecule has 1 aromatic carbocycles. The molecule has 0 aliphatic heterocycles. The van der Waals surface area contributed by atoms with Crippen LogP contribution in [-0.4, -0.2) is 29.6 Å². The maximum atomic E-state index is 10.6. The van der Waals surface area contributed by atoms with Crippen LogP contribution in [0.2, 0.25) is 0 Å². The number of rotatable bonds is 7. The first-order valence-electron chi connectivity index (χ1n) is 5.39. The van der Waals surface area contributed by atoms with Crippen LogP contribution in [-0.2, 0) is 11.1 Å². The van der Waals surface area contributed by atoms with Crippen molar-refractivity contribution in [3.8, 4) is 5.75 Å². The van der Waals surface area contributed by atoms with Gasteiger partial charge in [-0.1, -0.05) is 12.1 Å². The first kappa shape index (κ1) is 14.2. The molecule has 0 aliphatic carbocycles. The van der Waals surface area contributed by atoms with E-state index in [1.807, 2.05) is 24.3 Å². The largest absolute Gasteiger partial charge is 0.497 e. The minimum atomic E-state index is -3.85. The summed E-state index contributed by atoms with van der Waals surface area (Å²) in [7, 11) is -2.22. The van der Waals surface area contributed by atoms with E-state index in [1.165, 1.54) is 0 Å². The van der Waals surface area contributed by atoms with Crippen molar-refractivity contribution in [1.29, 1.82) is 0 Å². The molecule has 0 spiro atoms. The summed E-state index contributed by atoms with van der Waals surface area (Å²) in [6.07, 6.45) is 0.406. The minimum Gasteiger partial charge on any atom is -0.497 e. The van der Waals surface area contributed by atoms with Crippen LogP contribution in [0.25, 0.3) is 0 Å². The van der Waals surface area contributed by atoms with Gasteiger partial charge in [0.25, 0.3) is 0 Å². The van der Waals surface area contributed by atoms with Crippen LogP contribution in [0, 0.1) is 0 Å². The molecular formula is C11H18NO4P. The lowest BCUT2D eigenvalue weighted by atomic mass is 10.2. The van der Waals surface area contributed by atoms with Gasteiger partial charge in [0.2, 0.25) is 0 Å². The molecule has 5 nitrogen and oxygen atoms in total. The molecule has 6 heteroatoms. The topological polar surface area (TPSA) is 78.8 Å². The van der Waals surface area contributed by atoms with E-state index in [9.17, 15) is 4.57 Å².